The first-order valence-electron chi connectivity index (χ1n) is 9.16. The number of amides is 1. The number of benzene rings is 2. The predicted octanol–water partition coefficient (Wildman–Crippen LogP) is 2.85. The number of nitrogens with one attached hydrogen (secondary N) is 1. The molecule has 2 rings (SSSR count). The molecule has 0 atom stereocenters. The molecule has 0 spiro atoms. The summed E-state index contributed by atoms with van der Waals surface area (Å²) in [4.78, 5) is 25.7. The highest BCUT2D eigenvalue weighted by atomic mass is 19.1. The van der Waals surface area contributed by atoms with E-state index < -0.39 is 17.9 Å². The van der Waals surface area contributed by atoms with Crippen molar-refractivity contribution < 1.29 is 28.2 Å². The van der Waals surface area contributed by atoms with Crippen molar-refractivity contribution in [3.05, 3.63) is 65.5 Å². The van der Waals surface area contributed by atoms with Crippen molar-refractivity contribution in [2.45, 2.75) is 6.61 Å². The van der Waals surface area contributed by atoms with Crippen LogP contribution in [0.15, 0.2) is 48.5 Å². The fourth-order valence-electron chi connectivity index (χ4n) is 2.52. The number of hydrogen-bond acceptors (Lipinski definition) is 6. The lowest BCUT2D eigenvalue weighted by atomic mass is 10.2. The lowest BCUT2D eigenvalue weighted by Gasteiger charge is -2.22. The van der Waals surface area contributed by atoms with Crippen LogP contribution in [0.4, 0.5) is 9.18 Å². The molecule has 2 aromatic carbocycles. The van der Waals surface area contributed by atoms with Gasteiger partial charge < -0.3 is 24.4 Å². The Bertz CT molecular complexity index is 801. The summed E-state index contributed by atoms with van der Waals surface area (Å²) in [6.45, 7) is 1.49. The summed E-state index contributed by atoms with van der Waals surface area (Å²) < 4.78 is 29.0. The Balaban J connectivity index is 1.94. The lowest BCUT2D eigenvalue weighted by Crippen LogP contribution is -2.39. The quantitative estimate of drug-likeness (QED) is 0.614. The molecule has 0 aromatic heterocycles. The standard InChI is InChI=1S/C21H25FN2O5/c1-23-10-11-24(21(26)29-15-16-6-4-3-5-7-16)12-13-28-19-9-8-17(22)14-18(19)20(25)27-2/h3-9,14,23H,10-13,15H2,1-2H3. The molecule has 0 aliphatic carbocycles. The van der Waals surface area contributed by atoms with Crippen molar-refractivity contribution >= 4 is 12.1 Å². The van der Waals surface area contributed by atoms with Crippen LogP contribution in [-0.4, -0.2) is 57.4 Å². The molecule has 0 aliphatic rings. The Labute approximate surface area is 169 Å². The third-order valence-corrected chi connectivity index (χ3v) is 4.06. The van der Waals surface area contributed by atoms with E-state index in [-0.39, 0.29) is 31.1 Å². The predicted molar refractivity (Wildman–Crippen MR) is 105 cm³/mol. The van der Waals surface area contributed by atoms with Gasteiger partial charge in [-0.3, -0.25) is 0 Å². The summed E-state index contributed by atoms with van der Waals surface area (Å²) in [5, 5.41) is 2.98. The van der Waals surface area contributed by atoms with Crippen molar-refractivity contribution in [1.29, 1.82) is 0 Å². The normalized spacial score (nSPS) is 10.3. The zero-order valence-corrected chi connectivity index (χ0v) is 16.5. The highest BCUT2D eigenvalue weighted by molar-refractivity contribution is 5.92. The maximum absolute atomic E-state index is 13.4. The molecule has 0 saturated heterocycles. The number of rotatable bonds is 10. The van der Waals surface area contributed by atoms with Gasteiger partial charge in [-0.15, -0.1) is 0 Å². The van der Waals surface area contributed by atoms with E-state index >= 15 is 0 Å². The fourth-order valence-corrected chi connectivity index (χ4v) is 2.52. The average Bonchev–Trinajstić information content (AvgIpc) is 2.75. The van der Waals surface area contributed by atoms with Crippen LogP contribution in [0.2, 0.25) is 0 Å². The number of methoxy groups -OCH3 is 1. The molecule has 0 radical (unpaired) electrons. The van der Waals surface area contributed by atoms with Crippen LogP contribution >= 0.6 is 0 Å². The molecule has 1 N–H and O–H groups in total. The van der Waals surface area contributed by atoms with E-state index in [2.05, 4.69) is 10.1 Å². The molecule has 0 saturated carbocycles. The van der Waals surface area contributed by atoms with Gasteiger partial charge in [0.25, 0.3) is 0 Å². The third-order valence-electron chi connectivity index (χ3n) is 4.06. The zero-order valence-electron chi connectivity index (χ0n) is 16.5. The Morgan fingerprint density at radius 1 is 1.10 bits per heavy atom. The molecule has 0 fully saturated rings. The molecule has 1 amide bonds. The van der Waals surface area contributed by atoms with E-state index in [1.54, 1.807) is 7.05 Å². The van der Waals surface area contributed by atoms with Crippen LogP contribution in [-0.2, 0) is 16.1 Å². The van der Waals surface area contributed by atoms with Gasteiger partial charge in [-0.05, 0) is 30.8 Å². The molecular weight excluding hydrogens is 379 g/mol. The first kappa shape index (κ1) is 22.2. The van der Waals surface area contributed by atoms with Gasteiger partial charge >= 0.3 is 12.1 Å². The number of carbonyl (C=O) groups excluding carboxylic acids is 2. The molecule has 8 heteroatoms. The summed E-state index contributed by atoms with van der Waals surface area (Å²) in [7, 11) is 2.99. The van der Waals surface area contributed by atoms with Gasteiger partial charge in [0.1, 0.15) is 30.3 Å². The SMILES string of the molecule is CNCCN(CCOc1ccc(F)cc1C(=O)OC)C(=O)OCc1ccccc1. The summed E-state index contributed by atoms with van der Waals surface area (Å²) in [6.07, 6.45) is -0.472. The molecular formula is C21H25FN2O5. The van der Waals surface area contributed by atoms with E-state index in [0.717, 1.165) is 11.6 Å². The Morgan fingerprint density at radius 3 is 2.55 bits per heavy atom. The second-order valence-electron chi connectivity index (χ2n) is 6.11. The minimum Gasteiger partial charge on any atom is -0.491 e. The van der Waals surface area contributed by atoms with E-state index in [9.17, 15) is 14.0 Å². The van der Waals surface area contributed by atoms with E-state index in [1.165, 1.54) is 24.1 Å². The van der Waals surface area contributed by atoms with E-state index in [0.29, 0.717) is 13.1 Å². The van der Waals surface area contributed by atoms with Crippen LogP contribution in [0.25, 0.3) is 0 Å². The van der Waals surface area contributed by atoms with Gasteiger partial charge in [0.2, 0.25) is 0 Å². The maximum atomic E-state index is 13.4. The fraction of sp³-hybridized carbons (Fsp3) is 0.333. The van der Waals surface area contributed by atoms with Crippen molar-refractivity contribution in [1.82, 2.24) is 10.2 Å². The smallest absolute Gasteiger partial charge is 0.410 e. The summed E-state index contributed by atoms with van der Waals surface area (Å²) in [5.41, 5.74) is 0.876. The van der Waals surface area contributed by atoms with Crippen LogP contribution < -0.4 is 10.1 Å². The third kappa shape index (κ3) is 7.08. The second-order valence-corrected chi connectivity index (χ2v) is 6.11. The Kier molecular flexibility index (Phi) is 8.91. The van der Waals surface area contributed by atoms with Gasteiger partial charge in [-0.1, -0.05) is 30.3 Å². The molecule has 0 aliphatic heterocycles. The Hall–Kier alpha value is -3.13. The highest BCUT2D eigenvalue weighted by Crippen LogP contribution is 2.20. The summed E-state index contributed by atoms with van der Waals surface area (Å²) in [5.74, 6) is -1.09. The highest BCUT2D eigenvalue weighted by Gasteiger charge is 2.17. The first-order valence-corrected chi connectivity index (χ1v) is 9.16. The number of esters is 1. The topological polar surface area (TPSA) is 77.1 Å². The molecule has 2 aromatic rings. The summed E-state index contributed by atoms with van der Waals surface area (Å²) in [6, 6.07) is 13.0. The van der Waals surface area contributed by atoms with Gasteiger partial charge in [0, 0.05) is 13.1 Å². The molecule has 156 valence electrons. The van der Waals surface area contributed by atoms with Crippen molar-refractivity contribution in [3.63, 3.8) is 0 Å². The van der Waals surface area contributed by atoms with Crippen LogP contribution in [0.3, 0.4) is 0 Å². The first-order chi connectivity index (χ1) is 14.0. The molecule has 7 nitrogen and oxygen atoms in total. The molecule has 0 unspecified atom stereocenters. The summed E-state index contributed by atoms with van der Waals surface area (Å²) >= 11 is 0. The number of likely N-dealkylation sites (N-methyl/N-ethyl adjacent to an activating group) is 1. The van der Waals surface area contributed by atoms with Crippen LogP contribution in [0.1, 0.15) is 15.9 Å². The van der Waals surface area contributed by atoms with Gasteiger partial charge in [0.15, 0.2) is 0 Å². The van der Waals surface area contributed by atoms with E-state index in [4.69, 9.17) is 9.47 Å². The number of hydrogen-bond donors (Lipinski definition) is 1. The number of ether oxygens (including phenoxy) is 3. The average molecular weight is 404 g/mol. The minimum absolute atomic E-state index is 0.0130. The van der Waals surface area contributed by atoms with Crippen LogP contribution in [0, 0.1) is 5.82 Å². The van der Waals surface area contributed by atoms with E-state index in [1.807, 2.05) is 30.3 Å². The van der Waals surface area contributed by atoms with Crippen LogP contribution in [0.5, 0.6) is 5.75 Å². The number of carbonyl (C=O) groups is 2. The van der Waals surface area contributed by atoms with Gasteiger partial charge in [0.05, 0.1) is 13.7 Å². The second kappa shape index (κ2) is 11.7. The van der Waals surface area contributed by atoms with Gasteiger partial charge in [-0.2, -0.15) is 0 Å². The van der Waals surface area contributed by atoms with Gasteiger partial charge in [-0.25, -0.2) is 14.0 Å². The number of nitrogens with zero attached hydrogens (tertiary/aromatic N) is 1. The zero-order chi connectivity index (χ0) is 21.1. The molecule has 0 bridgehead atoms. The minimum atomic E-state index is -0.700. The monoisotopic (exact) mass is 404 g/mol. The maximum Gasteiger partial charge on any atom is 0.410 e. The molecule has 29 heavy (non-hydrogen) atoms. The lowest BCUT2D eigenvalue weighted by molar-refractivity contribution is 0.0593. The van der Waals surface area contributed by atoms with Crippen molar-refractivity contribution in [2.75, 3.05) is 40.4 Å². The largest absolute Gasteiger partial charge is 0.491 e. The van der Waals surface area contributed by atoms with Crippen molar-refractivity contribution in [2.24, 2.45) is 0 Å². The Morgan fingerprint density at radius 2 is 1.86 bits per heavy atom. The van der Waals surface area contributed by atoms with Crippen molar-refractivity contribution in [3.8, 4) is 5.75 Å². The molecule has 0 heterocycles. The number of halogens is 1.